The van der Waals surface area contributed by atoms with Crippen molar-refractivity contribution in [2.45, 2.75) is 90.0 Å². The predicted octanol–water partition coefficient (Wildman–Crippen LogP) is 7.61. The molecule has 0 spiro atoms. The maximum Gasteiger partial charge on any atom is 0.416 e. The van der Waals surface area contributed by atoms with Gasteiger partial charge in [0.1, 0.15) is 23.4 Å². The molecule has 2 atom stereocenters. The smallest absolute Gasteiger partial charge is 0.416 e. The zero-order chi connectivity index (χ0) is 30.4. The van der Waals surface area contributed by atoms with Crippen LogP contribution in [0, 0.1) is 13.8 Å². The van der Waals surface area contributed by atoms with Gasteiger partial charge in [-0.3, -0.25) is 4.90 Å². The van der Waals surface area contributed by atoms with Crippen molar-refractivity contribution in [3.05, 3.63) is 58.2 Å². The summed E-state index contributed by atoms with van der Waals surface area (Å²) in [6.45, 7) is 4.82. The van der Waals surface area contributed by atoms with E-state index in [2.05, 4.69) is 15.5 Å². The number of nitrogens with one attached hydrogen (secondary N) is 1. The minimum absolute atomic E-state index is 0.0434. The third-order valence-electron chi connectivity index (χ3n) is 7.73. The summed E-state index contributed by atoms with van der Waals surface area (Å²) >= 11 is 0. The second-order valence-corrected chi connectivity index (χ2v) is 10.7. The number of aryl methyl sites for hydroxylation is 2. The minimum atomic E-state index is -5.03. The summed E-state index contributed by atoms with van der Waals surface area (Å²) in [7, 11) is 0. The number of hydrogen-bond acceptors (Lipinski definition) is 7. The van der Waals surface area contributed by atoms with Gasteiger partial charge in [0.15, 0.2) is 0 Å². The van der Waals surface area contributed by atoms with Crippen molar-refractivity contribution in [3.63, 3.8) is 0 Å². The van der Waals surface area contributed by atoms with Crippen molar-refractivity contribution in [3.8, 4) is 11.3 Å². The van der Waals surface area contributed by atoms with Crippen molar-refractivity contribution in [1.29, 1.82) is 0 Å². The molecule has 2 aliphatic rings. The van der Waals surface area contributed by atoms with E-state index in [1.807, 2.05) is 0 Å². The lowest BCUT2D eigenvalue weighted by molar-refractivity contribution is -0.143. The fourth-order valence-corrected chi connectivity index (χ4v) is 5.53. The van der Waals surface area contributed by atoms with Gasteiger partial charge in [-0.2, -0.15) is 26.3 Å². The summed E-state index contributed by atoms with van der Waals surface area (Å²) in [6, 6.07) is 0.427. The summed E-state index contributed by atoms with van der Waals surface area (Å²) in [5.41, 5.74) is -1.34. The molecule has 226 valence electrons. The Bertz CT molecular complexity index is 1410. The third kappa shape index (κ3) is 6.02. The molecule has 1 aliphatic heterocycles. The molecule has 1 saturated heterocycles. The van der Waals surface area contributed by atoms with Crippen molar-refractivity contribution < 1.29 is 40.4 Å². The van der Waals surface area contributed by atoms with Gasteiger partial charge in [0, 0.05) is 6.04 Å². The second-order valence-electron chi connectivity index (χ2n) is 10.7. The van der Waals surface area contributed by atoms with Crippen LogP contribution in [0.2, 0.25) is 0 Å². The second kappa shape index (κ2) is 11.1. The number of anilines is 1. The number of ether oxygens (including phenoxy) is 1. The van der Waals surface area contributed by atoms with E-state index < -0.39 is 47.3 Å². The Labute approximate surface area is 237 Å². The van der Waals surface area contributed by atoms with Gasteiger partial charge in [-0.05, 0) is 57.4 Å². The molecule has 2 unspecified atom stereocenters. The number of alkyl halides is 6. The predicted molar refractivity (Wildman–Crippen MR) is 138 cm³/mol. The van der Waals surface area contributed by atoms with Gasteiger partial charge in [-0.15, -0.1) is 0 Å². The number of benzene rings is 1. The van der Waals surface area contributed by atoms with Crippen LogP contribution in [0.25, 0.3) is 11.3 Å². The molecule has 1 aliphatic carbocycles. The Morgan fingerprint density at radius 2 is 1.64 bits per heavy atom. The van der Waals surface area contributed by atoms with Gasteiger partial charge >= 0.3 is 18.4 Å². The number of carbonyl (C=O) groups is 1. The summed E-state index contributed by atoms with van der Waals surface area (Å²) in [5.74, 6) is 0.944. The minimum Gasteiger partial charge on any atom is -0.439 e. The lowest BCUT2D eigenvalue weighted by atomic mass is 9.95. The Morgan fingerprint density at radius 3 is 2.21 bits per heavy atom. The van der Waals surface area contributed by atoms with Crippen molar-refractivity contribution in [2.75, 3.05) is 5.32 Å². The summed E-state index contributed by atoms with van der Waals surface area (Å²) in [4.78, 5) is 23.6. The third-order valence-corrected chi connectivity index (χ3v) is 7.73. The van der Waals surface area contributed by atoms with Crippen molar-refractivity contribution in [2.24, 2.45) is 0 Å². The standard InChI is InChI=1S/C28H29F6N5O3/c1-14-23(16(3)42-38-14)21-12-35-25(36-20-7-5-4-6-8-20)22(37-21)13-39-15(2)24(41-26(39)40)17-9-18(27(29,30)31)11-19(10-17)28(32,33)34/h9-12,15,20,24H,4-8,13H2,1-3H3,(H,35,36). The highest BCUT2D eigenvalue weighted by Crippen LogP contribution is 2.41. The van der Waals surface area contributed by atoms with E-state index in [4.69, 9.17) is 14.2 Å². The number of rotatable bonds is 6. The first kappa shape index (κ1) is 29.6. The van der Waals surface area contributed by atoms with Gasteiger partial charge in [0.05, 0.1) is 46.9 Å². The van der Waals surface area contributed by atoms with Crippen LogP contribution in [0.1, 0.15) is 79.0 Å². The van der Waals surface area contributed by atoms with Gasteiger partial charge in [0.2, 0.25) is 0 Å². The molecular formula is C28H29F6N5O3. The lowest BCUT2D eigenvalue weighted by Gasteiger charge is -2.26. The SMILES string of the molecule is Cc1noc(C)c1-c1cnc(NC2CCCCC2)c(CN2C(=O)OC(c3cc(C(F)(F)F)cc(C(F)(F)F)c3)C2C)n1. The molecule has 2 fully saturated rings. The van der Waals surface area contributed by atoms with E-state index in [-0.39, 0.29) is 18.7 Å². The fourth-order valence-electron chi connectivity index (χ4n) is 5.53. The van der Waals surface area contributed by atoms with Crippen LogP contribution in [0.5, 0.6) is 0 Å². The van der Waals surface area contributed by atoms with Crippen LogP contribution in [-0.4, -0.2) is 38.2 Å². The largest absolute Gasteiger partial charge is 0.439 e. The molecular weight excluding hydrogens is 568 g/mol. The van der Waals surface area contributed by atoms with Crippen LogP contribution < -0.4 is 5.32 Å². The quantitative estimate of drug-likeness (QED) is 0.292. The Balaban J connectivity index is 1.49. The number of amides is 1. The van der Waals surface area contributed by atoms with E-state index in [0.717, 1.165) is 32.1 Å². The molecule has 42 heavy (non-hydrogen) atoms. The molecule has 0 radical (unpaired) electrons. The number of aromatic nitrogens is 3. The van der Waals surface area contributed by atoms with Crippen LogP contribution in [0.15, 0.2) is 28.9 Å². The van der Waals surface area contributed by atoms with Gasteiger partial charge in [0.25, 0.3) is 0 Å². The molecule has 14 heteroatoms. The highest BCUT2D eigenvalue weighted by atomic mass is 19.4. The van der Waals surface area contributed by atoms with Gasteiger partial charge in [-0.1, -0.05) is 24.4 Å². The molecule has 3 aromatic rings. The highest BCUT2D eigenvalue weighted by molar-refractivity contribution is 5.71. The number of hydrogen-bond donors (Lipinski definition) is 1. The van der Waals surface area contributed by atoms with E-state index >= 15 is 0 Å². The lowest BCUT2D eigenvalue weighted by Crippen LogP contribution is -2.33. The van der Waals surface area contributed by atoms with Crippen molar-refractivity contribution >= 4 is 11.9 Å². The van der Waals surface area contributed by atoms with Crippen molar-refractivity contribution in [1.82, 2.24) is 20.0 Å². The highest BCUT2D eigenvalue weighted by Gasteiger charge is 2.43. The van der Waals surface area contributed by atoms with E-state index in [1.54, 1.807) is 20.0 Å². The first-order chi connectivity index (χ1) is 19.7. The molecule has 1 N–H and O–H groups in total. The number of carbonyl (C=O) groups excluding carboxylic acids is 1. The summed E-state index contributed by atoms with van der Waals surface area (Å²) < 4.78 is 91.6. The molecule has 2 aromatic heterocycles. The average molecular weight is 598 g/mol. The molecule has 1 saturated carbocycles. The Morgan fingerprint density at radius 1 is 1.00 bits per heavy atom. The van der Waals surface area contributed by atoms with E-state index in [0.29, 0.717) is 46.4 Å². The summed E-state index contributed by atoms with van der Waals surface area (Å²) in [6.07, 6.45) is -5.70. The molecule has 5 rings (SSSR count). The first-order valence-electron chi connectivity index (χ1n) is 13.5. The topological polar surface area (TPSA) is 93.4 Å². The molecule has 8 nitrogen and oxygen atoms in total. The molecule has 0 bridgehead atoms. The summed E-state index contributed by atoms with van der Waals surface area (Å²) in [5, 5.41) is 7.36. The van der Waals surface area contributed by atoms with E-state index in [1.165, 1.54) is 11.8 Å². The van der Waals surface area contributed by atoms with E-state index in [9.17, 15) is 31.1 Å². The van der Waals surface area contributed by atoms with Crippen LogP contribution in [0.4, 0.5) is 37.0 Å². The Kier molecular flexibility index (Phi) is 7.84. The Hall–Kier alpha value is -3.84. The zero-order valence-corrected chi connectivity index (χ0v) is 23.1. The number of nitrogens with zero attached hydrogens (tertiary/aromatic N) is 4. The van der Waals surface area contributed by atoms with Crippen LogP contribution >= 0.6 is 0 Å². The van der Waals surface area contributed by atoms with Crippen LogP contribution in [0.3, 0.4) is 0 Å². The number of halogens is 6. The maximum absolute atomic E-state index is 13.5. The average Bonchev–Trinajstić information content (AvgIpc) is 3.41. The van der Waals surface area contributed by atoms with Crippen LogP contribution in [-0.2, 0) is 23.6 Å². The fraction of sp³-hybridized carbons (Fsp3) is 0.500. The molecule has 1 amide bonds. The molecule has 1 aromatic carbocycles. The van der Waals surface area contributed by atoms with Gasteiger partial charge in [-0.25, -0.2) is 14.8 Å². The molecule has 3 heterocycles. The zero-order valence-electron chi connectivity index (χ0n) is 23.1. The maximum atomic E-state index is 13.5. The normalized spacial score (nSPS) is 20.2. The first-order valence-corrected chi connectivity index (χ1v) is 13.5. The number of cyclic esters (lactones) is 1. The monoisotopic (exact) mass is 597 g/mol. The van der Waals surface area contributed by atoms with Gasteiger partial charge < -0.3 is 14.6 Å².